The molecular formula is C22H22BrClN4O2S. The molecule has 0 aliphatic rings. The summed E-state index contributed by atoms with van der Waals surface area (Å²) in [4.78, 5) is 12.5. The van der Waals surface area contributed by atoms with E-state index in [9.17, 15) is 4.79 Å². The molecule has 0 saturated carbocycles. The van der Waals surface area contributed by atoms with Crippen molar-refractivity contribution in [3.63, 3.8) is 0 Å². The zero-order chi connectivity index (χ0) is 22.4. The van der Waals surface area contributed by atoms with Gasteiger partial charge in [-0.1, -0.05) is 57.5 Å². The molecule has 6 nitrogen and oxygen atoms in total. The maximum absolute atomic E-state index is 12.5. The van der Waals surface area contributed by atoms with Crippen molar-refractivity contribution in [2.45, 2.75) is 32.2 Å². The number of benzene rings is 2. The number of allylic oxidation sites excluding steroid dienone is 1. The topological polar surface area (TPSA) is 69.0 Å². The predicted octanol–water partition coefficient (Wildman–Crippen LogP) is 5.81. The third kappa shape index (κ3) is 5.90. The molecule has 3 rings (SSSR count). The number of para-hydroxylation sites is 1. The Morgan fingerprint density at radius 1 is 1.26 bits per heavy atom. The summed E-state index contributed by atoms with van der Waals surface area (Å²) in [6.07, 6.45) is 1.75. The van der Waals surface area contributed by atoms with Crippen LogP contribution in [0.25, 0.3) is 0 Å². The molecule has 0 fully saturated rings. The monoisotopic (exact) mass is 520 g/mol. The number of rotatable bonds is 9. The summed E-state index contributed by atoms with van der Waals surface area (Å²) < 4.78 is 8.67. The van der Waals surface area contributed by atoms with E-state index in [0.29, 0.717) is 28.3 Å². The first-order valence-electron chi connectivity index (χ1n) is 9.49. The molecule has 0 aliphatic heterocycles. The Kier molecular flexibility index (Phi) is 8.17. The Balaban J connectivity index is 1.65. The Morgan fingerprint density at radius 3 is 2.77 bits per heavy atom. The molecular weight excluding hydrogens is 500 g/mol. The SMILES string of the molecule is C=CCn1c(COc2ccccc2Cl)nnc1SCC(=O)Nc1ccc(Br)c(C)c1C. The van der Waals surface area contributed by atoms with Crippen molar-refractivity contribution in [1.82, 2.24) is 14.8 Å². The average molecular weight is 522 g/mol. The highest BCUT2D eigenvalue weighted by Crippen LogP contribution is 2.27. The van der Waals surface area contributed by atoms with Crippen LogP contribution in [0.1, 0.15) is 17.0 Å². The lowest BCUT2D eigenvalue weighted by Gasteiger charge is -2.12. The lowest BCUT2D eigenvalue weighted by atomic mass is 10.1. The van der Waals surface area contributed by atoms with Gasteiger partial charge in [-0.05, 0) is 49.2 Å². The van der Waals surface area contributed by atoms with Gasteiger partial charge in [0.05, 0.1) is 10.8 Å². The van der Waals surface area contributed by atoms with Gasteiger partial charge in [0.15, 0.2) is 11.0 Å². The minimum atomic E-state index is -0.114. The smallest absolute Gasteiger partial charge is 0.234 e. The van der Waals surface area contributed by atoms with E-state index >= 15 is 0 Å². The Hall–Kier alpha value is -2.29. The van der Waals surface area contributed by atoms with Crippen LogP contribution in [0, 0.1) is 13.8 Å². The third-order valence-electron chi connectivity index (χ3n) is 4.63. The average Bonchev–Trinajstić information content (AvgIpc) is 3.14. The number of nitrogens with zero attached hydrogens (tertiary/aromatic N) is 3. The summed E-state index contributed by atoms with van der Waals surface area (Å²) >= 11 is 11.0. The molecule has 3 aromatic rings. The highest BCUT2D eigenvalue weighted by molar-refractivity contribution is 9.10. The van der Waals surface area contributed by atoms with E-state index in [1.54, 1.807) is 18.2 Å². The normalized spacial score (nSPS) is 10.7. The van der Waals surface area contributed by atoms with Crippen molar-refractivity contribution in [3.8, 4) is 5.75 Å². The van der Waals surface area contributed by atoms with Gasteiger partial charge in [-0.25, -0.2) is 0 Å². The lowest BCUT2D eigenvalue weighted by Crippen LogP contribution is -2.16. The van der Waals surface area contributed by atoms with Crippen molar-refractivity contribution in [2.24, 2.45) is 0 Å². The molecule has 1 N–H and O–H groups in total. The van der Waals surface area contributed by atoms with Crippen molar-refractivity contribution in [1.29, 1.82) is 0 Å². The minimum Gasteiger partial charge on any atom is -0.484 e. The molecule has 0 aliphatic carbocycles. The van der Waals surface area contributed by atoms with Gasteiger partial charge in [0.2, 0.25) is 5.91 Å². The second-order valence-corrected chi connectivity index (χ2v) is 8.90. The number of hydrogen-bond acceptors (Lipinski definition) is 5. The van der Waals surface area contributed by atoms with E-state index in [1.165, 1.54) is 11.8 Å². The summed E-state index contributed by atoms with van der Waals surface area (Å²) in [5, 5.41) is 12.6. The molecule has 0 unspecified atom stereocenters. The highest BCUT2D eigenvalue weighted by atomic mass is 79.9. The molecule has 0 bridgehead atoms. The van der Waals surface area contributed by atoms with Crippen LogP contribution in [-0.2, 0) is 17.9 Å². The van der Waals surface area contributed by atoms with Gasteiger partial charge < -0.3 is 10.1 Å². The molecule has 0 spiro atoms. The van der Waals surface area contributed by atoms with Crippen molar-refractivity contribution in [3.05, 3.63) is 75.5 Å². The van der Waals surface area contributed by atoms with Gasteiger partial charge in [-0.2, -0.15) is 0 Å². The fourth-order valence-corrected chi connectivity index (χ4v) is 4.18. The molecule has 1 heterocycles. The molecule has 31 heavy (non-hydrogen) atoms. The van der Waals surface area contributed by atoms with Crippen LogP contribution in [-0.4, -0.2) is 26.4 Å². The van der Waals surface area contributed by atoms with Gasteiger partial charge in [0.25, 0.3) is 0 Å². The van der Waals surface area contributed by atoms with Crippen LogP contribution in [0.15, 0.2) is 58.7 Å². The van der Waals surface area contributed by atoms with Gasteiger partial charge in [0, 0.05) is 16.7 Å². The summed E-state index contributed by atoms with van der Waals surface area (Å²) in [6, 6.07) is 11.1. The molecule has 2 aromatic carbocycles. The zero-order valence-corrected chi connectivity index (χ0v) is 20.4. The first-order chi connectivity index (χ1) is 14.9. The van der Waals surface area contributed by atoms with Crippen molar-refractivity contribution >= 4 is 50.9 Å². The summed E-state index contributed by atoms with van der Waals surface area (Å²) in [6.45, 7) is 8.49. The number of carbonyl (C=O) groups excluding carboxylic acids is 1. The maximum Gasteiger partial charge on any atom is 0.234 e. The second-order valence-electron chi connectivity index (χ2n) is 6.70. The van der Waals surface area contributed by atoms with Gasteiger partial charge >= 0.3 is 0 Å². The predicted molar refractivity (Wildman–Crippen MR) is 129 cm³/mol. The third-order valence-corrected chi connectivity index (χ3v) is 6.76. The first kappa shape index (κ1) is 23.4. The van der Waals surface area contributed by atoms with E-state index in [0.717, 1.165) is 21.3 Å². The number of halogens is 2. The van der Waals surface area contributed by atoms with Gasteiger partial charge in [-0.15, -0.1) is 16.8 Å². The first-order valence-corrected chi connectivity index (χ1v) is 11.6. The number of amides is 1. The van der Waals surface area contributed by atoms with Gasteiger partial charge in [0.1, 0.15) is 12.4 Å². The number of aromatic nitrogens is 3. The summed E-state index contributed by atoms with van der Waals surface area (Å²) in [7, 11) is 0. The van der Waals surface area contributed by atoms with E-state index in [1.807, 2.05) is 42.7 Å². The minimum absolute atomic E-state index is 0.114. The zero-order valence-electron chi connectivity index (χ0n) is 17.2. The van der Waals surface area contributed by atoms with Crippen LogP contribution in [0.5, 0.6) is 5.75 Å². The Morgan fingerprint density at radius 2 is 2.03 bits per heavy atom. The largest absolute Gasteiger partial charge is 0.484 e. The number of carbonyl (C=O) groups is 1. The molecule has 0 atom stereocenters. The fourth-order valence-electron chi connectivity index (χ4n) is 2.79. The Labute approximate surface area is 199 Å². The standard InChI is InChI=1S/C22H22BrClN4O2S/c1-4-11-28-20(12-30-19-8-6-5-7-17(19)24)26-27-22(28)31-13-21(29)25-18-10-9-16(23)14(2)15(18)3/h4-10H,1,11-13H2,2-3H3,(H,25,29). The fraction of sp³-hybridized carbons (Fsp3) is 0.227. The molecule has 9 heteroatoms. The van der Waals surface area contributed by atoms with Crippen LogP contribution >= 0.6 is 39.3 Å². The highest BCUT2D eigenvalue weighted by Gasteiger charge is 2.15. The molecule has 1 aromatic heterocycles. The van der Waals surface area contributed by atoms with Crippen LogP contribution < -0.4 is 10.1 Å². The van der Waals surface area contributed by atoms with Crippen LogP contribution in [0.3, 0.4) is 0 Å². The molecule has 162 valence electrons. The Bertz CT molecular complexity index is 1100. The molecule has 0 saturated heterocycles. The molecule has 1 amide bonds. The van der Waals surface area contributed by atoms with E-state index < -0.39 is 0 Å². The second kappa shape index (κ2) is 10.8. The van der Waals surface area contributed by atoms with Crippen molar-refractivity contribution < 1.29 is 9.53 Å². The number of ether oxygens (including phenoxy) is 1. The van der Waals surface area contributed by atoms with Crippen LogP contribution in [0.2, 0.25) is 5.02 Å². The number of hydrogen-bond donors (Lipinski definition) is 1. The van der Waals surface area contributed by atoms with E-state index in [4.69, 9.17) is 16.3 Å². The maximum atomic E-state index is 12.5. The van der Waals surface area contributed by atoms with E-state index in [2.05, 4.69) is 38.0 Å². The number of nitrogens with one attached hydrogen (secondary N) is 1. The van der Waals surface area contributed by atoms with Crippen molar-refractivity contribution in [2.75, 3.05) is 11.1 Å². The van der Waals surface area contributed by atoms with E-state index in [-0.39, 0.29) is 18.3 Å². The number of anilines is 1. The molecule has 0 radical (unpaired) electrons. The van der Waals surface area contributed by atoms with Crippen LogP contribution in [0.4, 0.5) is 5.69 Å². The lowest BCUT2D eigenvalue weighted by molar-refractivity contribution is -0.113. The van der Waals surface area contributed by atoms with Gasteiger partial charge in [-0.3, -0.25) is 9.36 Å². The summed E-state index contributed by atoms with van der Waals surface area (Å²) in [5.41, 5.74) is 2.92. The summed E-state index contributed by atoms with van der Waals surface area (Å²) in [5.74, 6) is 1.29. The quantitative estimate of drug-likeness (QED) is 0.284. The number of thioether (sulfide) groups is 1.